The van der Waals surface area contributed by atoms with E-state index in [0.717, 1.165) is 38.0 Å². The van der Waals surface area contributed by atoms with Gasteiger partial charge in [0.1, 0.15) is 5.75 Å². The summed E-state index contributed by atoms with van der Waals surface area (Å²) in [7, 11) is 0. The third-order valence-corrected chi connectivity index (χ3v) is 6.13. The van der Waals surface area contributed by atoms with E-state index >= 15 is 0 Å². The second-order valence-corrected chi connectivity index (χ2v) is 8.65. The van der Waals surface area contributed by atoms with Crippen molar-refractivity contribution in [1.29, 1.82) is 0 Å². The number of hydrogen-bond donors (Lipinski definition) is 0. The third kappa shape index (κ3) is 9.19. The molecule has 0 amide bonds. The first-order valence-corrected chi connectivity index (χ1v) is 12.2. The Balaban J connectivity index is 1.67. The summed E-state index contributed by atoms with van der Waals surface area (Å²) in [6, 6.07) is 8.33. The van der Waals surface area contributed by atoms with Crippen molar-refractivity contribution in [2.75, 3.05) is 6.61 Å². The quantitative estimate of drug-likeness (QED) is 0.279. The topological polar surface area (TPSA) is 26.3 Å². The fourth-order valence-electron chi connectivity index (χ4n) is 4.18. The molecule has 2 heteroatoms. The third-order valence-electron chi connectivity index (χ3n) is 6.13. The summed E-state index contributed by atoms with van der Waals surface area (Å²) in [6.45, 7) is 5.28. The molecule has 1 aromatic carbocycles. The molecule has 1 aliphatic carbocycles. The van der Waals surface area contributed by atoms with Crippen LogP contribution in [0.5, 0.6) is 5.75 Å². The van der Waals surface area contributed by atoms with E-state index in [9.17, 15) is 4.79 Å². The zero-order valence-corrected chi connectivity index (χ0v) is 18.9. The van der Waals surface area contributed by atoms with Gasteiger partial charge in [-0.2, -0.15) is 0 Å². The van der Waals surface area contributed by atoms with Crippen LogP contribution < -0.4 is 4.74 Å². The van der Waals surface area contributed by atoms with Gasteiger partial charge in [0.2, 0.25) is 0 Å². The first-order valence-electron chi connectivity index (χ1n) is 12.2. The Morgan fingerprint density at radius 3 is 2.10 bits per heavy atom. The Bertz CT molecular complexity index is 599. The van der Waals surface area contributed by atoms with E-state index in [0.29, 0.717) is 5.78 Å². The van der Waals surface area contributed by atoms with Gasteiger partial charge in [0, 0.05) is 5.92 Å². The number of hydrogen-bond acceptors (Lipinski definition) is 2. The van der Waals surface area contributed by atoms with Crippen LogP contribution in [0.2, 0.25) is 0 Å². The number of benzene rings is 1. The van der Waals surface area contributed by atoms with Crippen molar-refractivity contribution in [2.45, 2.75) is 104 Å². The Morgan fingerprint density at radius 1 is 0.828 bits per heavy atom. The molecule has 0 saturated carbocycles. The zero-order valence-electron chi connectivity index (χ0n) is 18.9. The maximum atomic E-state index is 12.4. The molecule has 1 unspecified atom stereocenters. The van der Waals surface area contributed by atoms with Gasteiger partial charge in [0.25, 0.3) is 0 Å². The molecule has 1 aromatic rings. The van der Waals surface area contributed by atoms with Crippen molar-refractivity contribution in [2.24, 2.45) is 5.92 Å². The summed E-state index contributed by atoms with van der Waals surface area (Å²) in [6.07, 6.45) is 19.2. The fourth-order valence-corrected chi connectivity index (χ4v) is 4.18. The number of ether oxygens (including phenoxy) is 1. The standard InChI is InChI=1S/C27H42O2/c1-3-5-7-8-9-10-11-13-21-29-26-19-17-23(18-20-26)25-16-15-24(27(28)22-25)14-12-6-4-2/h17-20,22,24H,3-16,21H2,1-2H3. The van der Waals surface area contributed by atoms with Crippen molar-refractivity contribution >= 4 is 11.4 Å². The maximum Gasteiger partial charge on any atom is 0.159 e. The predicted molar refractivity (Wildman–Crippen MR) is 124 cm³/mol. The van der Waals surface area contributed by atoms with Crippen LogP contribution >= 0.6 is 0 Å². The summed E-state index contributed by atoms with van der Waals surface area (Å²) in [5.74, 6) is 1.52. The van der Waals surface area contributed by atoms with Crippen LogP contribution in [0.25, 0.3) is 5.57 Å². The molecule has 1 aliphatic rings. The van der Waals surface area contributed by atoms with Gasteiger partial charge < -0.3 is 4.74 Å². The largest absolute Gasteiger partial charge is 0.494 e. The van der Waals surface area contributed by atoms with Gasteiger partial charge in [0.15, 0.2) is 5.78 Å². The van der Waals surface area contributed by atoms with E-state index in [-0.39, 0.29) is 5.92 Å². The van der Waals surface area contributed by atoms with Crippen LogP contribution in [0.4, 0.5) is 0 Å². The normalized spacial score (nSPS) is 16.7. The highest BCUT2D eigenvalue weighted by Crippen LogP contribution is 2.31. The van der Waals surface area contributed by atoms with Crippen molar-refractivity contribution in [1.82, 2.24) is 0 Å². The van der Waals surface area contributed by atoms with E-state index < -0.39 is 0 Å². The average Bonchev–Trinajstić information content (AvgIpc) is 2.74. The number of carbonyl (C=O) groups is 1. The second-order valence-electron chi connectivity index (χ2n) is 8.65. The van der Waals surface area contributed by atoms with Gasteiger partial charge in [-0.3, -0.25) is 4.79 Å². The van der Waals surface area contributed by atoms with Crippen LogP contribution in [-0.2, 0) is 4.79 Å². The van der Waals surface area contributed by atoms with Crippen LogP contribution in [0.3, 0.4) is 0 Å². The van der Waals surface area contributed by atoms with Crippen molar-refractivity contribution in [3.8, 4) is 5.75 Å². The van der Waals surface area contributed by atoms with E-state index in [4.69, 9.17) is 4.74 Å². The molecule has 0 aliphatic heterocycles. The van der Waals surface area contributed by atoms with E-state index in [1.807, 2.05) is 6.08 Å². The summed E-state index contributed by atoms with van der Waals surface area (Å²) in [4.78, 5) is 12.4. The van der Waals surface area contributed by atoms with Crippen LogP contribution in [0.1, 0.15) is 109 Å². The van der Waals surface area contributed by atoms with Gasteiger partial charge >= 0.3 is 0 Å². The van der Waals surface area contributed by atoms with Crippen LogP contribution in [-0.4, -0.2) is 12.4 Å². The lowest BCUT2D eigenvalue weighted by Crippen LogP contribution is -2.17. The van der Waals surface area contributed by atoms with Crippen molar-refractivity contribution < 1.29 is 9.53 Å². The molecule has 0 aromatic heterocycles. The minimum Gasteiger partial charge on any atom is -0.494 e. The Hall–Kier alpha value is -1.57. The molecule has 0 heterocycles. The van der Waals surface area contributed by atoms with E-state index in [1.54, 1.807) is 0 Å². The minimum atomic E-state index is 0.250. The van der Waals surface area contributed by atoms with Gasteiger partial charge in [-0.1, -0.05) is 90.2 Å². The molecule has 0 spiro atoms. The zero-order chi connectivity index (χ0) is 20.7. The average molecular weight is 399 g/mol. The Morgan fingerprint density at radius 2 is 1.45 bits per heavy atom. The predicted octanol–water partition coefficient (Wildman–Crippen LogP) is 8.15. The maximum absolute atomic E-state index is 12.4. The second kappa shape index (κ2) is 14.4. The lowest BCUT2D eigenvalue weighted by molar-refractivity contribution is -0.118. The highest BCUT2D eigenvalue weighted by Gasteiger charge is 2.22. The fraction of sp³-hybridized carbons (Fsp3) is 0.667. The summed E-state index contributed by atoms with van der Waals surface area (Å²) >= 11 is 0. The lowest BCUT2D eigenvalue weighted by Gasteiger charge is -2.21. The first-order chi connectivity index (χ1) is 14.2. The molecule has 2 nitrogen and oxygen atoms in total. The molecule has 29 heavy (non-hydrogen) atoms. The highest BCUT2D eigenvalue weighted by molar-refractivity contribution is 5.99. The summed E-state index contributed by atoms with van der Waals surface area (Å²) < 4.78 is 5.90. The van der Waals surface area contributed by atoms with E-state index in [2.05, 4.69) is 38.1 Å². The van der Waals surface area contributed by atoms with Crippen molar-refractivity contribution in [3.05, 3.63) is 35.9 Å². The molecule has 0 saturated heterocycles. The summed E-state index contributed by atoms with van der Waals surface area (Å²) in [5, 5.41) is 0. The van der Waals surface area contributed by atoms with Crippen LogP contribution in [0.15, 0.2) is 30.3 Å². The summed E-state index contributed by atoms with van der Waals surface area (Å²) in [5.41, 5.74) is 2.36. The molecule has 2 rings (SSSR count). The van der Waals surface area contributed by atoms with Crippen LogP contribution in [0, 0.1) is 5.92 Å². The first kappa shape index (κ1) is 23.7. The molecular weight excluding hydrogens is 356 g/mol. The Kier molecular flexibility index (Phi) is 11.8. The molecular formula is C27H42O2. The number of rotatable bonds is 15. The monoisotopic (exact) mass is 398 g/mol. The smallest absolute Gasteiger partial charge is 0.159 e. The SMILES string of the molecule is CCCCCCCCCCOc1ccc(C2=CC(=O)C(CCCCC)CC2)cc1. The number of ketones is 1. The van der Waals surface area contributed by atoms with E-state index in [1.165, 1.54) is 75.3 Å². The Labute approximate surface area is 179 Å². The number of unbranched alkanes of at least 4 members (excludes halogenated alkanes) is 9. The number of carbonyl (C=O) groups excluding carboxylic acids is 1. The minimum absolute atomic E-state index is 0.250. The molecule has 0 N–H and O–H groups in total. The van der Waals surface area contributed by atoms with Gasteiger partial charge in [-0.05, 0) is 55.0 Å². The lowest BCUT2D eigenvalue weighted by atomic mass is 9.83. The highest BCUT2D eigenvalue weighted by atomic mass is 16.5. The molecule has 0 bridgehead atoms. The molecule has 162 valence electrons. The molecule has 0 radical (unpaired) electrons. The van der Waals surface area contributed by atoms with Gasteiger partial charge in [0.05, 0.1) is 6.61 Å². The van der Waals surface area contributed by atoms with Crippen molar-refractivity contribution in [3.63, 3.8) is 0 Å². The molecule has 1 atom stereocenters. The van der Waals surface area contributed by atoms with Gasteiger partial charge in [-0.25, -0.2) is 0 Å². The van der Waals surface area contributed by atoms with Gasteiger partial charge in [-0.15, -0.1) is 0 Å². The number of allylic oxidation sites excluding steroid dienone is 2. The molecule has 0 fully saturated rings.